The van der Waals surface area contributed by atoms with E-state index in [4.69, 9.17) is 4.74 Å². The summed E-state index contributed by atoms with van der Waals surface area (Å²) in [5.41, 5.74) is 0.481. The number of ketones is 1. The molecular formula is C20H21NO4. The largest absolute Gasteiger partial charge is 0.467 e. The van der Waals surface area contributed by atoms with Crippen LogP contribution in [0, 0.1) is 5.92 Å². The topological polar surface area (TPSA) is 72.5 Å². The molecule has 0 aromatic heterocycles. The zero-order valence-corrected chi connectivity index (χ0v) is 14.2. The number of carbonyl (C=O) groups is 3. The normalized spacial score (nSPS) is 18.6. The number of Topliss-reactive ketones (excluding diaryl/α,β-unsaturated/α-hetero) is 1. The lowest BCUT2D eigenvalue weighted by molar-refractivity contribution is -0.145. The molecule has 2 atom stereocenters. The van der Waals surface area contributed by atoms with Gasteiger partial charge in [0.15, 0.2) is 0 Å². The fraction of sp³-hybridized carbons (Fsp3) is 0.350. The van der Waals surface area contributed by atoms with Crippen molar-refractivity contribution < 1.29 is 19.1 Å². The van der Waals surface area contributed by atoms with E-state index >= 15 is 0 Å². The number of ether oxygens (including phenoxy) is 1. The van der Waals surface area contributed by atoms with Crippen LogP contribution in [0.3, 0.4) is 0 Å². The quantitative estimate of drug-likeness (QED) is 0.870. The maximum Gasteiger partial charge on any atom is 0.328 e. The van der Waals surface area contributed by atoms with Crippen LogP contribution in [0.2, 0.25) is 0 Å². The van der Waals surface area contributed by atoms with Crippen LogP contribution < -0.4 is 5.32 Å². The van der Waals surface area contributed by atoms with Crippen molar-refractivity contribution in [1.82, 2.24) is 5.32 Å². The Bertz CT molecular complexity index is 814. The van der Waals surface area contributed by atoms with E-state index in [2.05, 4.69) is 5.32 Å². The zero-order chi connectivity index (χ0) is 17.8. The summed E-state index contributed by atoms with van der Waals surface area (Å²) in [6, 6.07) is 12.4. The first kappa shape index (κ1) is 17.1. The van der Waals surface area contributed by atoms with Crippen molar-refractivity contribution in [2.24, 2.45) is 5.92 Å². The molecule has 2 aromatic rings. The molecule has 0 radical (unpaired) electrons. The molecule has 0 aliphatic heterocycles. The van der Waals surface area contributed by atoms with Gasteiger partial charge in [0, 0.05) is 18.4 Å². The third-order valence-electron chi connectivity index (χ3n) is 4.75. The lowest BCUT2D eigenvalue weighted by Crippen LogP contribution is -2.48. The lowest BCUT2D eigenvalue weighted by Gasteiger charge is -2.28. The highest BCUT2D eigenvalue weighted by molar-refractivity contribution is 6.00. The molecule has 1 aliphatic carbocycles. The van der Waals surface area contributed by atoms with Gasteiger partial charge in [0.25, 0.3) is 5.91 Å². The van der Waals surface area contributed by atoms with Gasteiger partial charge in [-0.05, 0) is 41.7 Å². The van der Waals surface area contributed by atoms with Crippen molar-refractivity contribution >= 4 is 28.4 Å². The highest BCUT2D eigenvalue weighted by atomic mass is 16.5. The molecule has 0 spiro atoms. The Morgan fingerprint density at radius 2 is 1.92 bits per heavy atom. The molecule has 1 aliphatic rings. The number of nitrogens with one attached hydrogen (secondary N) is 1. The fourth-order valence-electron chi connectivity index (χ4n) is 3.39. The van der Waals surface area contributed by atoms with E-state index in [0.29, 0.717) is 18.4 Å². The Morgan fingerprint density at radius 3 is 2.64 bits per heavy atom. The first-order valence-corrected chi connectivity index (χ1v) is 8.47. The third kappa shape index (κ3) is 3.87. The predicted molar refractivity (Wildman–Crippen MR) is 94.2 cm³/mol. The maximum absolute atomic E-state index is 12.6. The number of methoxy groups -OCH3 is 1. The Hall–Kier alpha value is -2.69. The average Bonchev–Trinajstić information content (AvgIpc) is 2.64. The molecule has 0 saturated heterocycles. The molecule has 25 heavy (non-hydrogen) atoms. The van der Waals surface area contributed by atoms with Gasteiger partial charge in [-0.2, -0.15) is 0 Å². The summed E-state index contributed by atoms with van der Waals surface area (Å²) in [5.74, 6) is -0.920. The summed E-state index contributed by atoms with van der Waals surface area (Å²) in [4.78, 5) is 36.5. The molecular weight excluding hydrogens is 318 g/mol. The van der Waals surface area contributed by atoms with E-state index in [1.54, 1.807) is 12.1 Å². The zero-order valence-electron chi connectivity index (χ0n) is 14.2. The van der Waals surface area contributed by atoms with E-state index in [1.165, 1.54) is 7.11 Å². The fourth-order valence-corrected chi connectivity index (χ4v) is 3.39. The van der Waals surface area contributed by atoms with E-state index < -0.39 is 12.0 Å². The van der Waals surface area contributed by atoms with Crippen molar-refractivity contribution in [3.63, 3.8) is 0 Å². The number of benzene rings is 2. The number of hydrogen-bond donors (Lipinski definition) is 1. The van der Waals surface area contributed by atoms with Gasteiger partial charge in [-0.1, -0.05) is 30.3 Å². The number of carbonyl (C=O) groups excluding carboxylic acids is 3. The van der Waals surface area contributed by atoms with Crippen LogP contribution in [-0.2, 0) is 14.3 Å². The minimum absolute atomic E-state index is 0.130. The minimum atomic E-state index is -0.798. The van der Waals surface area contributed by atoms with Crippen molar-refractivity contribution in [3.05, 3.63) is 48.0 Å². The SMILES string of the molecule is COC(=O)[C@H](NC(=O)c1ccc2ccccc2c1)[C@@H]1CCCC(=O)C1. The Morgan fingerprint density at radius 1 is 1.16 bits per heavy atom. The summed E-state index contributed by atoms with van der Waals surface area (Å²) in [6.45, 7) is 0. The summed E-state index contributed by atoms with van der Waals surface area (Å²) in [6.07, 6.45) is 2.31. The maximum atomic E-state index is 12.6. The molecule has 1 fully saturated rings. The van der Waals surface area contributed by atoms with Crippen LogP contribution in [0.5, 0.6) is 0 Å². The number of amides is 1. The number of esters is 1. The van der Waals surface area contributed by atoms with Gasteiger partial charge in [0.05, 0.1) is 7.11 Å². The molecule has 0 unspecified atom stereocenters. The molecule has 0 heterocycles. The van der Waals surface area contributed by atoms with Crippen LogP contribution in [0.25, 0.3) is 10.8 Å². The van der Waals surface area contributed by atoms with E-state index in [1.807, 2.05) is 30.3 Å². The van der Waals surface area contributed by atoms with Crippen LogP contribution >= 0.6 is 0 Å². The first-order valence-electron chi connectivity index (χ1n) is 8.47. The second kappa shape index (κ2) is 7.47. The Labute approximate surface area is 146 Å². The molecule has 1 saturated carbocycles. The molecule has 1 N–H and O–H groups in total. The van der Waals surface area contributed by atoms with Gasteiger partial charge in [-0.15, -0.1) is 0 Å². The average molecular weight is 339 g/mol. The van der Waals surface area contributed by atoms with E-state index in [9.17, 15) is 14.4 Å². The number of rotatable bonds is 4. The van der Waals surface area contributed by atoms with Gasteiger partial charge >= 0.3 is 5.97 Å². The van der Waals surface area contributed by atoms with Crippen molar-refractivity contribution in [2.75, 3.05) is 7.11 Å². The smallest absolute Gasteiger partial charge is 0.328 e. The second-order valence-electron chi connectivity index (χ2n) is 6.43. The summed E-state index contributed by atoms with van der Waals surface area (Å²) < 4.78 is 4.84. The Kier molecular flexibility index (Phi) is 5.12. The molecule has 5 nitrogen and oxygen atoms in total. The van der Waals surface area contributed by atoms with Crippen LogP contribution in [0.15, 0.2) is 42.5 Å². The third-order valence-corrected chi connectivity index (χ3v) is 4.75. The molecule has 5 heteroatoms. The second-order valence-corrected chi connectivity index (χ2v) is 6.43. The Balaban J connectivity index is 1.81. The van der Waals surface area contributed by atoms with Gasteiger partial charge in [-0.25, -0.2) is 4.79 Å². The van der Waals surface area contributed by atoms with Crippen LogP contribution in [0.1, 0.15) is 36.0 Å². The van der Waals surface area contributed by atoms with Crippen LogP contribution in [-0.4, -0.2) is 30.8 Å². The molecule has 130 valence electrons. The summed E-state index contributed by atoms with van der Waals surface area (Å²) >= 11 is 0. The van der Waals surface area contributed by atoms with Crippen molar-refractivity contribution in [2.45, 2.75) is 31.7 Å². The van der Waals surface area contributed by atoms with Gasteiger partial charge in [-0.3, -0.25) is 9.59 Å². The van der Waals surface area contributed by atoms with E-state index in [0.717, 1.165) is 23.6 Å². The molecule has 1 amide bonds. The summed E-state index contributed by atoms with van der Waals surface area (Å²) in [5, 5.41) is 4.77. The van der Waals surface area contributed by atoms with Crippen molar-refractivity contribution in [1.29, 1.82) is 0 Å². The van der Waals surface area contributed by atoms with E-state index in [-0.39, 0.29) is 17.6 Å². The number of hydrogen-bond acceptors (Lipinski definition) is 4. The highest BCUT2D eigenvalue weighted by Crippen LogP contribution is 2.25. The standard InChI is InChI=1S/C20H21NO4/c1-25-20(24)18(15-7-4-8-17(22)12-15)21-19(23)16-10-9-13-5-2-3-6-14(13)11-16/h2-3,5-6,9-11,15,18H,4,7-8,12H2,1H3,(H,21,23)/t15-,18-/m1/s1. The molecule has 2 aromatic carbocycles. The predicted octanol–water partition coefficient (Wildman–Crippen LogP) is 2.87. The lowest BCUT2D eigenvalue weighted by atomic mass is 9.83. The van der Waals surface area contributed by atoms with Gasteiger partial charge < -0.3 is 10.1 Å². The summed E-state index contributed by atoms with van der Waals surface area (Å²) in [7, 11) is 1.29. The van der Waals surface area contributed by atoms with Crippen LogP contribution in [0.4, 0.5) is 0 Å². The highest BCUT2D eigenvalue weighted by Gasteiger charge is 2.34. The van der Waals surface area contributed by atoms with Gasteiger partial charge in [0.1, 0.15) is 11.8 Å². The van der Waals surface area contributed by atoms with Crippen molar-refractivity contribution in [3.8, 4) is 0 Å². The minimum Gasteiger partial charge on any atom is -0.467 e. The first-order chi connectivity index (χ1) is 12.1. The number of fused-ring (bicyclic) bond motifs is 1. The van der Waals surface area contributed by atoms with Gasteiger partial charge in [0.2, 0.25) is 0 Å². The monoisotopic (exact) mass is 339 g/mol. The molecule has 3 rings (SSSR count). The molecule has 0 bridgehead atoms.